The lowest BCUT2D eigenvalue weighted by molar-refractivity contribution is -0.893. The van der Waals surface area contributed by atoms with Gasteiger partial charge in [0.05, 0.1) is 27.1 Å². The number of carboxylic acid groups (broad SMARTS) is 1. The molecule has 0 radical (unpaired) electrons. The molecule has 0 N–H and O–H groups in total. The van der Waals surface area contributed by atoms with Crippen LogP contribution in [-0.4, -0.2) is 37.6 Å². The number of carbonyl (C=O) groups excluding carboxylic acids is 1. The quantitative estimate of drug-likeness (QED) is 0.117. The van der Waals surface area contributed by atoms with E-state index in [2.05, 4.69) is 19.1 Å². The number of hydrogen-bond acceptors (Lipinski definition) is 2. The minimum atomic E-state index is -0.912. The lowest BCUT2D eigenvalue weighted by Crippen LogP contribution is -2.58. The van der Waals surface area contributed by atoms with E-state index in [4.69, 9.17) is 0 Å². The number of likely N-dealkylation sites (N-methyl/N-ethyl adjacent to an activating group) is 1. The minimum absolute atomic E-state index is 0.110. The monoisotopic (exact) mass is 487 g/mol. The van der Waals surface area contributed by atoms with Crippen molar-refractivity contribution >= 4 is 5.97 Å². The fraction of sp³-hybridized carbons (Fsp3) is 0.781. The van der Waals surface area contributed by atoms with Crippen LogP contribution in [-0.2, 0) is 11.2 Å². The normalized spacial score (nSPS) is 13.6. The number of benzene rings is 1. The topological polar surface area (TPSA) is 40.1 Å². The second-order valence-electron chi connectivity index (χ2n) is 11.8. The molecule has 1 aromatic rings. The maximum absolute atomic E-state index is 12.0. The van der Waals surface area contributed by atoms with Gasteiger partial charge in [-0.3, -0.25) is 0 Å². The molecule has 0 spiro atoms. The van der Waals surface area contributed by atoms with Crippen molar-refractivity contribution in [2.45, 2.75) is 135 Å². The molecule has 0 aliphatic heterocycles. The minimum Gasteiger partial charge on any atom is -0.544 e. The fourth-order valence-electron chi connectivity index (χ4n) is 5.56. The van der Waals surface area contributed by atoms with Gasteiger partial charge in [0.25, 0.3) is 0 Å². The molecule has 0 aliphatic rings. The number of carboxylic acids is 1. The molecular weight excluding hydrogens is 430 g/mol. The second kappa shape index (κ2) is 19.8. The highest BCUT2D eigenvalue weighted by atomic mass is 16.4. The molecule has 202 valence electrons. The number of unbranched alkanes of at least 4 members (excludes halogenated alkanes) is 16. The Morgan fingerprint density at radius 1 is 0.686 bits per heavy atom. The summed E-state index contributed by atoms with van der Waals surface area (Å²) in [6, 6.07) is 9.86. The Kier molecular flexibility index (Phi) is 17.9. The van der Waals surface area contributed by atoms with Crippen LogP contribution in [0.2, 0.25) is 0 Å². The van der Waals surface area contributed by atoms with Gasteiger partial charge in [-0.05, 0) is 18.4 Å². The van der Waals surface area contributed by atoms with Crippen LogP contribution in [0.3, 0.4) is 0 Å². The molecular formula is C32H57NO2. The summed E-state index contributed by atoms with van der Waals surface area (Å²) in [5, 5.41) is 12.0. The molecule has 0 aliphatic carbocycles. The van der Waals surface area contributed by atoms with E-state index in [-0.39, 0.29) is 5.92 Å². The molecule has 2 unspecified atom stereocenters. The van der Waals surface area contributed by atoms with E-state index in [0.717, 1.165) is 19.3 Å². The Labute approximate surface area is 218 Å². The van der Waals surface area contributed by atoms with Crippen LogP contribution in [0.25, 0.3) is 0 Å². The van der Waals surface area contributed by atoms with Gasteiger partial charge >= 0.3 is 0 Å². The van der Waals surface area contributed by atoms with E-state index in [0.29, 0.717) is 4.48 Å². The Hall–Kier alpha value is -1.35. The van der Waals surface area contributed by atoms with E-state index in [1.807, 2.05) is 39.3 Å². The third-order valence-corrected chi connectivity index (χ3v) is 7.54. The molecule has 35 heavy (non-hydrogen) atoms. The van der Waals surface area contributed by atoms with E-state index in [1.165, 1.54) is 108 Å². The van der Waals surface area contributed by atoms with Gasteiger partial charge in [0.1, 0.15) is 6.04 Å². The molecule has 0 amide bonds. The zero-order chi connectivity index (χ0) is 25.8. The average Bonchev–Trinajstić information content (AvgIpc) is 2.80. The van der Waals surface area contributed by atoms with Crippen molar-refractivity contribution in [3.05, 3.63) is 35.9 Å². The van der Waals surface area contributed by atoms with Gasteiger partial charge in [0, 0.05) is 5.92 Å². The van der Waals surface area contributed by atoms with Crippen molar-refractivity contribution < 1.29 is 14.4 Å². The van der Waals surface area contributed by atoms with Crippen LogP contribution in [0.1, 0.15) is 128 Å². The Balaban J connectivity index is 2.14. The third-order valence-electron chi connectivity index (χ3n) is 7.54. The Bertz CT molecular complexity index is 622. The van der Waals surface area contributed by atoms with Gasteiger partial charge in [-0.2, -0.15) is 0 Å². The van der Waals surface area contributed by atoms with Crippen LogP contribution >= 0.6 is 0 Å². The van der Waals surface area contributed by atoms with E-state index in [9.17, 15) is 9.90 Å². The number of carbonyl (C=O) groups is 1. The third kappa shape index (κ3) is 16.1. The summed E-state index contributed by atoms with van der Waals surface area (Å²) in [6.07, 6.45) is 25.0. The van der Waals surface area contributed by atoms with Crippen molar-refractivity contribution in [1.29, 1.82) is 0 Å². The van der Waals surface area contributed by atoms with Gasteiger partial charge in [-0.1, -0.05) is 146 Å². The largest absolute Gasteiger partial charge is 0.544 e. The number of hydrogen-bond donors (Lipinski definition) is 0. The SMILES string of the molecule is CCCCCCCCCCCCCCCCCCCC(Cc1ccccc1)C(C(=O)[O-])[N+](C)(C)C. The van der Waals surface area contributed by atoms with E-state index in [1.54, 1.807) is 0 Å². The number of nitrogens with zero attached hydrogens (tertiary/aromatic N) is 1. The molecule has 0 saturated carbocycles. The molecule has 0 heterocycles. The standard InChI is InChI=1S/C32H57NO2/c1-5-6-7-8-9-10-11-12-13-14-15-16-17-18-19-20-24-27-30(28-29-25-22-21-23-26-29)31(32(34)35)33(2,3)4/h21-23,25-26,30-31H,5-20,24,27-28H2,1-4H3. The smallest absolute Gasteiger partial charge is 0.132 e. The summed E-state index contributed by atoms with van der Waals surface area (Å²) in [5.41, 5.74) is 1.23. The first-order valence-corrected chi connectivity index (χ1v) is 14.9. The predicted octanol–water partition coefficient (Wildman–Crippen LogP) is 7.71. The summed E-state index contributed by atoms with van der Waals surface area (Å²) < 4.78 is 0.415. The van der Waals surface area contributed by atoms with Crippen LogP contribution < -0.4 is 5.11 Å². The predicted molar refractivity (Wildman–Crippen MR) is 149 cm³/mol. The number of rotatable bonds is 23. The molecule has 0 bridgehead atoms. The molecule has 0 saturated heterocycles. The average molecular weight is 488 g/mol. The Morgan fingerprint density at radius 2 is 1.09 bits per heavy atom. The van der Waals surface area contributed by atoms with Gasteiger partial charge in [0.2, 0.25) is 0 Å². The van der Waals surface area contributed by atoms with E-state index >= 15 is 0 Å². The summed E-state index contributed by atoms with van der Waals surface area (Å²) >= 11 is 0. The maximum atomic E-state index is 12.0. The summed E-state index contributed by atoms with van der Waals surface area (Å²) in [7, 11) is 5.94. The van der Waals surface area contributed by atoms with Crippen LogP contribution in [0.4, 0.5) is 0 Å². The van der Waals surface area contributed by atoms with Gasteiger partial charge in [0.15, 0.2) is 0 Å². The fourth-order valence-corrected chi connectivity index (χ4v) is 5.56. The van der Waals surface area contributed by atoms with Crippen LogP contribution in [0, 0.1) is 5.92 Å². The van der Waals surface area contributed by atoms with Crippen LogP contribution in [0.5, 0.6) is 0 Å². The highest BCUT2D eigenvalue weighted by Crippen LogP contribution is 2.25. The molecule has 0 aromatic heterocycles. The van der Waals surface area contributed by atoms with Crippen molar-refractivity contribution in [2.24, 2.45) is 5.92 Å². The zero-order valence-corrected chi connectivity index (χ0v) is 23.7. The Morgan fingerprint density at radius 3 is 1.46 bits per heavy atom. The van der Waals surface area contributed by atoms with Crippen molar-refractivity contribution in [2.75, 3.05) is 21.1 Å². The molecule has 0 fully saturated rings. The van der Waals surface area contributed by atoms with Crippen molar-refractivity contribution in [1.82, 2.24) is 0 Å². The summed E-state index contributed by atoms with van der Waals surface area (Å²) in [4.78, 5) is 12.0. The zero-order valence-electron chi connectivity index (χ0n) is 23.7. The number of quaternary nitrogens is 1. The lowest BCUT2D eigenvalue weighted by atomic mass is 9.86. The van der Waals surface area contributed by atoms with Gasteiger partial charge in [-0.15, -0.1) is 0 Å². The molecule has 1 rings (SSSR count). The summed E-state index contributed by atoms with van der Waals surface area (Å²) in [5.74, 6) is -0.802. The van der Waals surface area contributed by atoms with E-state index < -0.39 is 12.0 Å². The van der Waals surface area contributed by atoms with Gasteiger partial charge in [-0.25, -0.2) is 0 Å². The highest BCUT2D eigenvalue weighted by molar-refractivity contribution is 5.70. The molecule has 3 nitrogen and oxygen atoms in total. The maximum Gasteiger partial charge on any atom is 0.132 e. The molecule has 3 heteroatoms. The first-order valence-electron chi connectivity index (χ1n) is 14.9. The van der Waals surface area contributed by atoms with Crippen molar-refractivity contribution in [3.63, 3.8) is 0 Å². The highest BCUT2D eigenvalue weighted by Gasteiger charge is 2.33. The lowest BCUT2D eigenvalue weighted by Gasteiger charge is -2.40. The molecule has 2 atom stereocenters. The first-order chi connectivity index (χ1) is 16.9. The van der Waals surface area contributed by atoms with Crippen LogP contribution in [0.15, 0.2) is 30.3 Å². The van der Waals surface area contributed by atoms with Crippen molar-refractivity contribution in [3.8, 4) is 0 Å². The second-order valence-corrected chi connectivity index (χ2v) is 11.8. The first kappa shape index (κ1) is 31.7. The number of aliphatic carboxylic acids is 1. The molecule has 1 aromatic carbocycles. The summed E-state index contributed by atoms with van der Waals surface area (Å²) in [6.45, 7) is 2.28. The van der Waals surface area contributed by atoms with Gasteiger partial charge < -0.3 is 14.4 Å².